The Balaban J connectivity index is 2.11. The number of halogens is 1. The van der Waals surface area contributed by atoms with Crippen LogP contribution in [-0.2, 0) is 4.79 Å². The second-order valence-electron chi connectivity index (χ2n) is 5.10. The summed E-state index contributed by atoms with van der Waals surface area (Å²) in [6.45, 7) is 0.779. The first-order valence-corrected chi connectivity index (χ1v) is 8.71. The van der Waals surface area contributed by atoms with E-state index in [1.165, 1.54) is 0 Å². The van der Waals surface area contributed by atoms with Gasteiger partial charge in [-0.2, -0.15) is 11.8 Å². The van der Waals surface area contributed by atoms with Gasteiger partial charge in [-0.05, 0) is 42.9 Å². The number of hydrogen-bond acceptors (Lipinski definition) is 3. The van der Waals surface area contributed by atoms with E-state index in [1.807, 2.05) is 35.4 Å². The molecule has 3 nitrogen and oxygen atoms in total. The monoisotopic (exact) mass is 312 g/mol. The highest BCUT2D eigenvalue weighted by Crippen LogP contribution is 2.36. The Bertz CT molecular complexity index is 469. The van der Waals surface area contributed by atoms with Crippen molar-refractivity contribution in [2.45, 2.75) is 31.3 Å². The Hall–Kier alpha value is -0.710. The average Bonchev–Trinajstić information content (AvgIpc) is 2.93. The maximum atomic E-state index is 12.5. The molecule has 0 saturated carbocycles. The van der Waals surface area contributed by atoms with Crippen molar-refractivity contribution in [3.63, 3.8) is 0 Å². The molecule has 1 aliphatic heterocycles. The van der Waals surface area contributed by atoms with Crippen molar-refractivity contribution < 1.29 is 4.79 Å². The molecule has 1 fully saturated rings. The molecule has 0 aliphatic carbocycles. The highest BCUT2D eigenvalue weighted by Gasteiger charge is 2.33. The SMILES string of the molecule is CSCC[C@@H](N)C(=O)N1CCCC1c1ccccc1Cl. The summed E-state index contributed by atoms with van der Waals surface area (Å²) in [6.07, 6.45) is 4.73. The molecule has 1 aliphatic rings. The normalized spacial score (nSPS) is 20.1. The van der Waals surface area contributed by atoms with Crippen LogP contribution in [0.3, 0.4) is 0 Å². The largest absolute Gasteiger partial charge is 0.334 e. The van der Waals surface area contributed by atoms with Crippen LogP contribution < -0.4 is 5.73 Å². The maximum Gasteiger partial charge on any atom is 0.240 e. The fourth-order valence-electron chi connectivity index (χ4n) is 2.68. The van der Waals surface area contributed by atoms with Crippen molar-refractivity contribution in [1.29, 1.82) is 0 Å². The number of rotatable bonds is 5. The Morgan fingerprint density at radius 1 is 1.55 bits per heavy atom. The number of carbonyl (C=O) groups is 1. The lowest BCUT2D eigenvalue weighted by molar-refractivity contribution is -0.133. The fourth-order valence-corrected chi connectivity index (χ4v) is 3.43. The smallest absolute Gasteiger partial charge is 0.240 e. The number of nitrogens with zero attached hydrogens (tertiary/aromatic N) is 1. The zero-order valence-corrected chi connectivity index (χ0v) is 13.3. The van der Waals surface area contributed by atoms with Gasteiger partial charge in [-0.3, -0.25) is 4.79 Å². The summed E-state index contributed by atoms with van der Waals surface area (Å²) in [4.78, 5) is 14.4. The summed E-state index contributed by atoms with van der Waals surface area (Å²) < 4.78 is 0. The molecule has 0 aromatic heterocycles. The first-order valence-electron chi connectivity index (χ1n) is 6.94. The first-order chi connectivity index (χ1) is 9.65. The van der Waals surface area contributed by atoms with Crippen molar-refractivity contribution in [3.05, 3.63) is 34.9 Å². The van der Waals surface area contributed by atoms with Gasteiger partial charge in [-0.1, -0.05) is 29.8 Å². The number of hydrogen-bond donors (Lipinski definition) is 1. The molecule has 0 radical (unpaired) electrons. The van der Waals surface area contributed by atoms with Crippen LogP contribution >= 0.6 is 23.4 Å². The molecule has 2 atom stereocenters. The van der Waals surface area contributed by atoms with Crippen LogP contribution in [0, 0.1) is 0 Å². The minimum Gasteiger partial charge on any atom is -0.334 e. The van der Waals surface area contributed by atoms with E-state index in [1.54, 1.807) is 11.8 Å². The van der Waals surface area contributed by atoms with Crippen molar-refractivity contribution in [2.75, 3.05) is 18.6 Å². The van der Waals surface area contributed by atoms with Gasteiger partial charge >= 0.3 is 0 Å². The number of nitrogens with two attached hydrogens (primary N) is 1. The van der Waals surface area contributed by atoms with E-state index in [0.29, 0.717) is 0 Å². The molecule has 20 heavy (non-hydrogen) atoms. The van der Waals surface area contributed by atoms with Gasteiger partial charge < -0.3 is 10.6 Å². The lowest BCUT2D eigenvalue weighted by Gasteiger charge is -2.28. The first kappa shape index (κ1) is 15.7. The zero-order chi connectivity index (χ0) is 14.5. The topological polar surface area (TPSA) is 46.3 Å². The Morgan fingerprint density at radius 3 is 3.00 bits per heavy atom. The minimum absolute atomic E-state index is 0.0569. The van der Waals surface area contributed by atoms with Gasteiger partial charge in [0.15, 0.2) is 0 Å². The molecule has 2 N–H and O–H groups in total. The number of carbonyl (C=O) groups excluding carboxylic acids is 1. The van der Waals surface area contributed by atoms with Crippen LogP contribution in [0.5, 0.6) is 0 Å². The lowest BCUT2D eigenvalue weighted by atomic mass is 10.0. The van der Waals surface area contributed by atoms with Crippen LogP contribution in [-0.4, -0.2) is 35.4 Å². The molecule has 1 aromatic carbocycles. The standard InChI is InChI=1S/C15H21ClN2OS/c1-20-10-8-13(17)15(19)18-9-4-7-14(18)11-5-2-3-6-12(11)16/h2-3,5-6,13-14H,4,7-10,17H2,1H3/t13-,14?/m1/s1. The molecule has 1 saturated heterocycles. The molecular formula is C15H21ClN2OS. The molecule has 110 valence electrons. The van der Waals surface area contributed by atoms with Crippen LogP contribution in [0.2, 0.25) is 5.02 Å². The molecule has 1 unspecified atom stereocenters. The van der Waals surface area contributed by atoms with E-state index in [0.717, 1.165) is 42.1 Å². The van der Waals surface area contributed by atoms with Crippen molar-refractivity contribution in [2.24, 2.45) is 5.73 Å². The van der Waals surface area contributed by atoms with Gasteiger partial charge in [0.05, 0.1) is 12.1 Å². The fraction of sp³-hybridized carbons (Fsp3) is 0.533. The second kappa shape index (κ2) is 7.34. The van der Waals surface area contributed by atoms with Crippen molar-refractivity contribution >= 4 is 29.3 Å². The van der Waals surface area contributed by atoms with E-state index >= 15 is 0 Å². The van der Waals surface area contributed by atoms with Gasteiger partial charge in [0, 0.05) is 11.6 Å². The average molecular weight is 313 g/mol. The molecule has 1 amide bonds. The number of likely N-dealkylation sites (tertiary alicyclic amines) is 1. The van der Waals surface area contributed by atoms with Gasteiger partial charge in [0.1, 0.15) is 0 Å². The Kier molecular flexibility index (Phi) is 5.75. The van der Waals surface area contributed by atoms with E-state index in [-0.39, 0.29) is 11.9 Å². The number of amides is 1. The minimum atomic E-state index is -0.398. The number of benzene rings is 1. The predicted octanol–water partition coefficient (Wildman–Crippen LogP) is 3.08. The van der Waals surface area contributed by atoms with Gasteiger partial charge in [-0.15, -0.1) is 0 Å². The summed E-state index contributed by atoms with van der Waals surface area (Å²) in [5, 5.41) is 0.731. The molecule has 0 bridgehead atoms. The van der Waals surface area contributed by atoms with Crippen LogP contribution in [0.1, 0.15) is 30.9 Å². The van der Waals surface area contributed by atoms with Crippen molar-refractivity contribution in [1.82, 2.24) is 4.90 Å². The molecule has 2 rings (SSSR count). The third-order valence-electron chi connectivity index (χ3n) is 3.75. The summed E-state index contributed by atoms with van der Waals surface area (Å²) >= 11 is 7.98. The van der Waals surface area contributed by atoms with E-state index in [4.69, 9.17) is 17.3 Å². The van der Waals surface area contributed by atoms with E-state index in [9.17, 15) is 4.79 Å². The molecular weight excluding hydrogens is 292 g/mol. The third-order valence-corrected chi connectivity index (χ3v) is 4.74. The quantitative estimate of drug-likeness (QED) is 0.909. The summed E-state index contributed by atoms with van der Waals surface area (Å²) in [5.74, 6) is 0.971. The highest BCUT2D eigenvalue weighted by atomic mass is 35.5. The zero-order valence-electron chi connectivity index (χ0n) is 11.7. The van der Waals surface area contributed by atoms with Gasteiger partial charge in [0.25, 0.3) is 0 Å². The molecule has 5 heteroatoms. The summed E-state index contributed by atoms with van der Waals surface area (Å²) in [5.41, 5.74) is 7.06. The molecule has 0 spiro atoms. The third kappa shape index (κ3) is 3.48. The highest BCUT2D eigenvalue weighted by molar-refractivity contribution is 7.98. The van der Waals surface area contributed by atoms with Crippen molar-refractivity contribution in [3.8, 4) is 0 Å². The summed E-state index contributed by atoms with van der Waals surface area (Å²) in [7, 11) is 0. The van der Waals surface area contributed by atoms with Crippen LogP contribution in [0.15, 0.2) is 24.3 Å². The summed E-state index contributed by atoms with van der Waals surface area (Å²) in [6, 6.07) is 7.45. The van der Waals surface area contributed by atoms with E-state index in [2.05, 4.69) is 0 Å². The van der Waals surface area contributed by atoms with Gasteiger partial charge in [-0.25, -0.2) is 0 Å². The van der Waals surface area contributed by atoms with Crippen LogP contribution in [0.25, 0.3) is 0 Å². The molecule has 1 aromatic rings. The van der Waals surface area contributed by atoms with Gasteiger partial charge in [0.2, 0.25) is 5.91 Å². The number of thioether (sulfide) groups is 1. The van der Waals surface area contributed by atoms with Crippen LogP contribution in [0.4, 0.5) is 0 Å². The maximum absolute atomic E-state index is 12.5. The lowest BCUT2D eigenvalue weighted by Crippen LogP contribution is -2.43. The Morgan fingerprint density at radius 2 is 2.30 bits per heavy atom. The predicted molar refractivity (Wildman–Crippen MR) is 86.1 cm³/mol. The Labute approximate surface area is 129 Å². The second-order valence-corrected chi connectivity index (χ2v) is 6.49. The van der Waals surface area contributed by atoms with E-state index < -0.39 is 6.04 Å². The molecule has 1 heterocycles.